The third-order valence-corrected chi connectivity index (χ3v) is 3.87. The molecule has 0 saturated carbocycles. The fourth-order valence-electron chi connectivity index (χ4n) is 2.44. The van der Waals surface area contributed by atoms with E-state index in [1.54, 1.807) is 0 Å². The van der Waals surface area contributed by atoms with Crippen molar-refractivity contribution in [3.8, 4) is 5.75 Å². The van der Waals surface area contributed by atoms with Gasteiger partial charge in [0, 0.05) is 11.6 Å². The lowest BCUT2D eigenvalue weighted by atomic mass is 10.1. The Morgan fingerprint density at radius 3 is 2.71 bits per heavy atom. The largest absolute Gasteiger partial charge is 0.477 e. The van der Waals surface area contributed by atoms with E-state index in [1.807, 2.05) is 48.5 Å². The van der Waals surface area contributed by atoms with Crippen LogP contribution < -0.4 is 15.4 Å². The molecule has 0 spiro atoms. The van der Waals surface area contributed by atoms with Crippen LogP contribution in [-0.2, 0) is 11.3 Å². The fourth-order valence-corrected chi connectivity index (χ4v) is 2.63. The number of benzene rings is 2. The molecule has 1 aliphatic rings. The molecule has 21 heavy (non-hydrogen) atoms. The minimum absolute atomic E-state index is 0.414. The van der Waals surface area contributed by atoms with Crippen LogP contribution in [0, 0.1) is 0 Å². The molecular weight excluding hydrogens is 288 g/mol. The van der Waals surface area contributed by atoms with E-state index >= 15 is 0 Å². The molecule has 1 aliphatic heterocycles. The lowest BCUT2D eigenvalue weighted by molar-refractivity contribution is -0.124. The van der Waals surface area contributed by atoms with Crippen molar-refractivity contribution in [3.63, 3.8) is 0 Å². The van der Waals surface area contributed by atoms with Gasteiger partial charge in [0.05, 0.1) is 12.2 Å². The zero-order valence-electron chi connectivity index (χ0n) is 11.3. The van der Waals surface area contributed by atoms with Gasteiger partial charge in [-0.25, -0.2) is 0 Å². The van der Waals surface area contributed by atoms with Crippen molar-refractivity contribution in [2.45, 2.75) is 12.6 Å². The molecule has 1 heterocycles. The van der Waals surface area contributed by atoms with Crippen molar-refractivity contribution >= 4 is 23.2 Å². The third kappa shape index (κ3) is 2.81. The number of nitrogens with two attached hydrogens (primary N) is 1. The van der Waals surface area contributed by atoms with Crippen LogP contribution in [0.1, 0.15) is 5.56 Å². The number of hydrogen-bond donors (Lipinski definition) is 1. The van der Waals surface area contributed by atoms with Crippen LogP contribution in [0.4, 0.5) is 5.69 Å². The second-order valence-electron chi connectivity index (χ2n) is 4.95. The Morgan fingerprint density at radius 2 is 1.95 bits per heavy atom. The van der Waals surface area contributed by atoms with E-state index in [2.05, 4.69) is 4.90 Å². The number of primary amides is 1. The molecule has 5 heteroatoms. The number of anilines is 1. The molecule has 2 aromatic carbocycles. The van der Waals surface area contributed by atoms with Gasteiger partial charge in [-0.1, -0.05) is 41.9 Å². The summed E-state index contributed by atoms with van der Waals surface area (Å²) in [7, 11) is 0. The number of carbonyl (C=O) groups excluding carboxylic acids is 1. The first-order valence-corrected chi connectivity index (χ1v) is 7.06. The summed E-state index contributed by atoms with van der Waals surface area (Å²) in [6.45, 7) is 1.02. The van der Waals surface area contributed by atoms with Crippen LogP contribution in [-0.4, -0.2) is 18.6 Å². The standard InChI is InChI=1S/C16H15ClN2O2/c17-12-6-2-1-5-11(12)9-19-10-15(16(18)20)21-14-8-4-3-7-13(14)19/h1-8,15H,9-10H2,(H2,18,20). The minimum atomic E-state index is -0.651. The van der Waals surface area contributed by atoms with Gasteiger partial charge in [0.1, 0.15) is 5.75 Å². The monoisotopic (exact) mass is 302 g/mol. The highest BCUT2D eigenvalue weighted by Gasteiger charge is 2.29. The first-order chi connectivity index (χ1) is 10.1. The topological polar surface area (TPSA) is 55.6 Å². The summed E-state index contributed by atoms with van der Waals surface area (Å²) in [6.07, 6.45) is -0.651. The predicted octanol–water partition coefficient (Wildman–Crippen LogP) is 2.59. The Kier molecular flexibility index (Phi) is 3.71. The highest BCUT2D eigenvalue weighted by Crippen LogP contribution is 2.34. The van der Waals surface area contributed by atoms with Crippen LogP contribution in [0.15, 0.2) is 48.5 Å². The molecule has 0 bridgehead atoms. The van der Waals surface area contributed by atoms with Crippen LogP contribution in [0.2, 0.25) is 5.02 Å². The van der Waals surface area contributed by atoms with Gasteiger partial charge in [0.15, 0.2) is 6.10 Å². The number of amides is 1. The van der Waals surface area contributed by atoms with Crippen LogP contribution in [0.25, 0.3) is 0 Å². The van der Waals surface area contributed by atoms with Gasteiger partial charge in [-0.2, -0.15) is 0 Å². The highest BCUT2D eigenvalue weighted by molar-refractivity contribution is 6.31. The summed E-state index contributed by atoms with van der Waals surface area (Å²) in [6, 6.07) is 15.3. The lowest BCUT2D eigenvalue weighted by Gasteiger charge is -2.35. The number of nitrogens with zero attached hydrogens (tertiary/aromatic N) is 1. The Balaban J connectivity index is 1.93. The number of hydrogen-bond acceptors (Lipinski definition) is 3. The van der Waals surface area contributed by atoms with E-state index in [0.717, 1.165) is 11.3 Å². The molecule has 1 unspecified atom stereocenters. The predicted molar refractivity (Wildman–Crippen MR) is 82.6 cm³/mol. The maximum atomic E-state index is 11.5. The fraction of sp³-hybridized carbons (Fsp3) is 0.188. The number of halogens is 1. The Bertz CT molecular complexity index is 675. The second-order valence-corrected chi connectivity index (χ2v) is 5.36. The van der Waals surface area contributed by atoms with E-state index < -0.39 is 12.0 Å². The molecule has 3 rings (SSSR count). The molecule has 108 valence electrons. The van der Waals surface area contributed by atoms with Gasteiger partial charge >= 0.3 is 0 Å². The van der Waals surface area contributed by atoms with Crippen molar-refractivity contribution in [2.24, 2.45) is 5.73 Å². The van der Waals surface area contributed by atoms with Crippen molar-refractivity contribution in [2.75, 3.05) is 11.4 Å². The van der Waals surface area contributed by atoms with Gasteiger partial charge in [0.2, 0.25) is 0 Å². The van der Waals surface area contributed by atoms with Crippen molar-refractivity contribution < 1.29 is 9.53 Å². The summed E-state index contributed by atoms with van der Waals surface area (Å²) in [5.74, 6) is 0.202. The van der Waals surface area contributed by atoms with Crippen molar-refractivity contribution in [1.82, 2.24) is 0 Å². The zero-order chi connectivity index (χ0) is 14.8. The normalized spacial score (nSPS) is 17.0. The maximum Gasteiger partial charge on any atom is 0.260 e. The summed E-state index contributed by atoms with van der Waals surface area (Å²) in [5, 5.41) is 0.706. The van der Waals surface area contributed by atoms with Crippen molar-refractivity contribution in [1.29, 1.82) is 0 Å². The number of carbonyl (C=O) groups is 1. The van der Waals surface area contributed by atoms with Gasteiger partial charge in [-0.05, 0) is 23.8 Å². The summed E-state index contributed by atoms with van der Waals surface area (Å²) in [5.41, 5.74) is 7.33. The van der Waals surface area contributed by atoms with E-state index in [-0.39, 0.29) is 0 Å². The highest BCUT2D eigenvalue weighted by atomic mass is 35.5. The van der Waals surface area contributed by atoms with Crippen LogP contribution in [0.3, 0.4) is 0 Å². The second kappa shape index (κ2) is 5.66. The Morgan fingerprint density at radius 1 is 1.24 bits per heavy atom. The summed E-state index contributed by atoms with van der Waals surface area (Å²) < 4.78 is 5.64. The molecule has 0 saturated heterocycles. The average Bonchev–Trinajstić information content (AvgIpc) is 2.49. The first-order valence-electron chi connectivity index (χ1n) is 6.68. The zero-order valence-corrected chi connectivity index (χ0v) is 12.1. The third-order valence-electron chi connectivity index (χ3n) is 3.50. The first kappa shape index (κ1) is 13.8. The number of ether oxygens (including phenoxy) is 1. The Labute approximate surface area is 128 Å². The molecule has 0 radical (unpaired) electrons. The van der Waals surface area contributed by atoms with E-state index in [9.17, 15) is 4.79 Å². The van der Waals surface area contributed by atoms with Gasteiger partial charge in [-0.15, -0.1) is 0 Å². The quantitative estimate of drug-likeness (QED) is 0.948. The SMILES string of the molecule is NC(=O)C1CN(Cc2ccccc2Cl)c2ccccc2O1. The number of para-hydroxylation sites is 2. The van der Waals surface area contributed by atoms with Gasteiger partial charge in [-0.3, -0.25) is 4.79 Å². The van der Waals surface area contributed by atoms with Gasteiger partial charge < -0.3 is 15.4 Å². The van der Waals surface area contributed by atoms with Crippen LogP contribution in [0.5, 0.6) is 5.75 Å². The molecule has 0 fully saturated rings. The molecule has 0 aromatic heterocycles. The molecule has 2 aromatic rings. The lowest BCUT2D eigenvalue weighted by Crippen LogP contribution is -2.47. The van der Waals surface area contributed by atoms with E-state index in [1.165, 1.54) is 0 Å². The molecule has 2 N–H and O–H groups in total. The molecule has 0 aliphatic carbocycles. The summed E-state index contributed by atoms with van der Waals surface area (Å²) >= 11 is 6.22. The van der Waals surface area contributed by atoms with Crippen molar-refractivity contribution in [3.05, 3.63) is 59.1 Å². The molecule has 1 amide bonds. The van der Waals surface area contributed by atoms with E-state index in [4.69, 9.17) is 22.1 Å². The Hall–Kier alpha value is -2.20. The van der Waals surface area contributed by atoms with Crippen LogP contribution >= 0.6 is 11.6 Å². The number of rotatable bonds is 3. The number of fused-ring (bicyclic) bond motifs is 1. The molecule has 1 atom stereocenters. The average molecular weight is 303 g/mol. The summed E-state index contributed by atoms with van der Waals surface area (Å²) in [4.78, 5) is 13.5. The molecule has 4 nitrogen and oxygen atoms in total. The maximum absolute atomic E-state index is 11.5. The van der Waals surface area contributed by atoms with Gasteiger partial charge in [0.25, 0.3) is 5.91 Å². The molecular formula is C16H15ClN2O2. The van der Waals surface area contributed by atoms with E-state index in [0.29, 0.717) is 23.9 Å². The minimum Gasteiger partial charge on any atom is -0.477 e. The smallest absolute Gasteiger partial charge is 0.260 e.